The van der Waals surface area contributed by atoms with Crippen LogP contribution in [0.5, 0.6) is 0 Å². The first-order valence-electron chi connectivity index (χ1n) is 5.88. The van der Waals surface area contributed by atoms with Crippen molar-refractivity contribution in [2.24, 2.45) is 0 Å². The van der Waals surface area contributed by atoms with Crippen LogP contribution in [0.15, 0.2) is 11.0 Å². The number of hydrogen-bond donors (Lipinski definition) is 5. The monoisotopic (exact) mass is 283 g/mol. The summed E-state index contributed by atoms with van der Waals surface area (Å²) < 4.78 is 6.48. The van der Waals surface area contributed by atoms with Crippen LogP contribution in [0.2, 0.25) is 0 Å². The zero-order chi connectivity index (χ0) is 14.4. The standard InChI is InChI=1S/C10H13N5O5/c11-10-13-7-3(8(19)14-10)1-12-15(7)9-6(18)5(17)4(2-16)20-9/h1,4-6,9,16-18H,2H2,(H3,11,13,14,19)/t4-,5?,6+,9-/m1/s1. The number of aromatic nitrogens is 4. The van der Waals surface area contributed by atoms with Crippen LogP contribution in [-0.2, 0) is 4.74 Å². The predicted octanol–water partition coefficient (Wildman–Crippen LogP) is -2.69. The van der Waals surface area contributed by atoms with Crippen LogP contribution in [0.1, 0.15) is 6.23 Å². The lowest BCUT2D eigenvalue weighted by molar-refractivity contribution is -0.0566. The summed E-state index contributed by atoms with van der Waals surface area (Å²) in [7, 11) is 0. The second-order valence-corrected chi connectivity index (χ2v) is 4.51. The SMILES string of the molecule is Nc1nc2c(cnn2[C@@H]2O[C@H](CO)C(O)[C@@H]2O)c(=O)[nH]1. The number of nitrogen functional groups attached to an aromatic ring is 1. The zero-order valence-electron chi connectivity index (χ0n) is 10.2. The maximum absolute atomic E-state index is 11.7. The topological polar surface area (TPSA) is 160 Å². The molecule has 0 bridgehead atoms. The van der Waals surface area contributed by atoms with Crippen molar-refractivity contribution in [3.8, 4) is 0 Å². The minimum atomic E-state index is -1.31. The molecule has 1 saturated heterocycles. The number of nitrogens with one attached hydrogen (secondary N) is 1. The van der Waals surface area contributed by atoms with Crippen molar-refractivity contribution >= 4 is 17.0 Å². The van der Waals surface area contributed by atoms with Gasteiger partial charge < -0.3 is 25.8 Å². The van der Waals surface area contributed by atoms with E-state index in [1.807, 2.05) is 0 Å². The average molecular weight is 283 g/mol. The van der Waals surface area contributed by atoms with E-state index in [0.717, 1.165) is 4.68 Å². The fraction of sp³-hybridized carbons (Fsp3) is 0.500. The second kappa shape index (κ2) is 4.52. The molecule has 3 rings (SSSR count). The van der Waals surface area contributed by atoms with Gasteiger partial charge in [-0.25, -0.2) is 4.68 Å². The van der Waals surface area contributed by atoms with Crippen molar-refractivity contribution in [3.63, 3.8) is 0 Å². The van der Waals surface area contributed by atoms with E-state index in [1.165, 1.54) is 6.20 Å². The van der Waals surface area contributed by atoms with Crippen molar-refractivity contribution in [1.29, 1.82) is 0 Å². The van der Waals surface area contributed by atoms with Crippen LogP contribution >= 0.6 is 0 Å². The summed E-state index contributed by atoms with van der Waals surface area (Å²) in [5.41, 5.74) is 5.13. The van der Waals surface area contributed by atoms with Gasteiger partial charge >= 0.3 is 0 Å². The molecule has 6 N–H and O–H groups in total. The van der Waals surface area contributed by atoms with Gasteiger partial charge in [-0.15, -0.1) is 0 Å². The molecular weight excluding hydrogens is 270 g/mol. The molecule has 0 saturated carbocycles. The number of aliphatic hydroxyl groups is 3. The van der Waals surface area contributed by atoms with Gasteiger partial charge in [-0.3, -0.25) is 9.78 Å². The molecule has 2 aromatic rings. The van der Waals surface area contributed by atoms with Gasteiger partial charge in [0.2, 0.25) is 5.95 Å². The Morgan fingerprint density at radius 3 is 2.85 bits per heavy atom. The molecule has 1 aliphatic heterocycles. The molecule has 0 amide bonds. The summed E-state index contributed by atoms with van der Waals surface area (Å²) in [5, 5.41) is 32.8. The molecule has 0 aliphatic carbocycles. The molecule has 10 heteroatoms. The molecule has 2 aromatic heterocycles. The Labute approximate surface area is 111 Å². The van der Waals surface area contributed by atoms with Gasteiger partial charge in [0, 0.05) is 0 Å². The van der Waals surface area contributed by atoms with Gasteiger partial charge in [0.25, 0.3) is 5.56 Å². The Balaban J connectivity index is 2.09. The third kappa shape index (κ3) is 1.78. The van der Waals surface area contributed by atoms with E-state index in [9.17, 15) is 15.0 Å². The molecule has 4 atom stereocenters. The van der Waals surface area contributed by atoms with Gasteiger partial charge in [0.05, 0.1) is 12.8 Å². The number of anilines is 1. The summed E-state index contributed by atoms with van der Waals surface area (Å²) in [5.74, 6) is -0.101. The van der Waals surface area contributed by atoms with Crippen LogP contribution in [0.3, 0.4) is 0 Å². The van der Waals surface area contributed by atoms with Crippen molar-refractivity contribution in [2.75, 3.05) is 12.3 Å². The Kier molecular flexibility index (Phi) is 2.94. The molecule has 1 unspecified atom stereocenters. The fourth-order valence-electron chi connectivity index (χ4n) is 2.22. The number of aliphatic hydroxyl groups excluding tert-OH is 3. The number of aromatic amines is 1. The molecule has 20 heavy (non-hydrogen) atoms. The predicted molar refractivity (Wildman–Crippen MR) is 65.6 cm³/mol. The molecule has 0 aromatic carbocycles. The highest BCUT2D eigenvalue weighted by molar-refractivity contribution is 5.74. The Morgan fingerprint density at radius 2 is 2.20 bits per heavy atom. The summed E-state index contributed by atoms with van der Waals surface area (Å²) in [6, 6.07) is 0. The number of ether oxygens (including phenoxy) is 1. The van der Waals surface area contributed by atoms with Gasteiger partial charge in [-0.1, -0.05) is 0 Å². The molecule has 3 heterocycles. The lowest BCUT2D eigenvalue weighted by atomic mass is 10.1. The van der Waals surface area contributed by atoms with Gasteiger partial charge in [-0.2, -0.15) is 10.1 Å². The third-order valence-electron chi connectivity index (χ3n) is 3.24. The molecule has 0 radical (unpaired) electrons. The molecule has 108 valence electrons. The summed E-state index contributed by atoms with van der Waals surface area (Å²) in [6.45, 7) is -0.454. The Bertz CT molecular complexity index is 697. The second-order valence-electron chi connectivity index (χ2n) is 4.51. The van der Waals surface area contributed by atoms with Crippen molar-refractivity contribution in [1.82, 2.24) is 19.7 Å². The maximum Gasteiger partial charge on any atom is 0.263 e. The molecule has 1 aliphatic rings. The zero-order valence-corrected chi connectivity index (χ0v) is 10.2. The average Bonchev–Trinajstić information content (AvgIpc) is 2.93. The Hall–Kier alpha value is -2.01. The molecule has 1 fully saturated rings. The van der Waals surface area contributed by atoms with E-state index in [4.69, 9.17) is 15.6 Å². The first kappa shape index (κ1) is 13.0. The van der Waals surface area contributed by atoms with Crippen molar-refractivity contribution in [2.45, 2.75) is 24.5 Å². The number of hydrogen-bond acceptors (Lipinski definition) is 8. The molecule has 10 nitrogen and oxygen atoms in total. The highest BCUT2D eigenvalue weighted by Crippen LogP contribution is 2.30. The lowest BCUT2D eigenvalue weighted by Crippen LogP contribution is -2.33. The molecular formula is C10H13N5O5. The van der Waals surface area contributed by atoms with Crippen LogP contribution < -0.4 is 11.3 Å². The summed E-state index contributed by atoms with van der Waals surface area (Å²) in [6.07, 6.45) is -3.31. The van der Waals surface area contributed by atoms with Crippen molar-refractivity contribution in [3.05, 3.63) is 16.6 Å². The minimum Gasteiger partial charge on any atom is -0.394 e. The first-order chi connectivity index (χ1) is 9.52. The number of nitrogens with zero attached hydrogens (tertiary/aromatic N) is 3. The van der Waals surface area contributed by atoms with Crippen LogP contribution in [-0.4, -0.2) is 60.0 Å². The van der Waals surface area contributed by atoms with Gasteiger partial charge in [0.1, 0.15) is 23.7 Å². The summed E-state index contributed by atoms with van der Waals surface area (Å²) >= 11 is 0. The first-order valence-corrected chi connectivity index (χ1v) is 5.88. The van der Waals surface area contributed by atoms with E-state index in [1.54, 1.807) is 0 Å². The number of nitrogens with two attached hydrogens (primary N) is 1. The lowest BCUT2D eigenvalue weighted by Gasteiger charge is -2.15. The van der Waals surface area contributed by atoms with E-state index < -0.39 is 36.7 Å². The normalized spacial score (nSPS) is 30.1. The van der Waals surface area contributed by atoms with Gasteiger partial charge in [0.15, 0.2) is 11.9 Å². The number of H-pyrrole nitrogens is 1. The highest BCUT2D eigenvalue weighted by atomic mass is 16.6. The smallest absolute Gasteiger partial charge is 0.263 e. The van der Waals surface area contributed by atoms with E-state index in [0.29, 0.717) is 0 Å². The maximum atomic E-state index is 11.7. The van der Waals surface area contributed by atoms with E-state index in [2.05, 4.69) is 15.1 Å². The third-order valence-corrected chi connectivity index (χ3v) is 3.24. The largest absolute Gasteiger partial charge is 0.394 e. The number of fused-ring (bicyclic) bond motifs is 1. The molecule has 0 spiro atoms. The fourth-order valence-corrected chi connectivity index (χ4v) is 2.22. The minimum absolute atomic E-state index is 0.101. The summed E-state index contributed by atoms with van der Waals surface area (Å²) in [4.78, 5) is 17.9. The quantitative estimate of drug-likeness (QED) is 0.398. The van der Waals surface area contributed by atoms with Crippen molar-refractivity contribution < 1.29 is 20.1 Å². The number of rotatable bonds is 2. The van der Waals surface area contributed by atoms with E-state index in [-0.39, 0.29) is 17.0 Å². The van der Waals surface area contributed by atoms with Crippen LogP contribution in [0.25, 0.3) is 11.0 Å². The van der Waals surface area contributed by atoms with Crippen LogP contribution in [0.4, 0.5) is 5.95 Å². The van der Waals surface area contributed by atoms with E-state index >= 15 is 0 Å². The van der Waals surface area contributed by atoms with Gasteiger partial charge in [-0.05, 0) is 0 Å². The van der Waals surface area contributed by atoms with Crippen LogP contribution in [0, 0.1) is 0 Å². The Morgan fingerprint density at radius 1 is 1.45 bits per heavy atom. The highest BCUT2D eigenvalue weighted by Gasteiger charge is 2.44.